The van der Waals surface area contributed by atoms with Gasteiger partial charge in [0.2, 0.25) is 0 Å². The molecular weight excluding hydrogens is 288 g/mol. The lowest BCUT2D eigenvalue weighted by molar-refractivity contribution is 0.308. The highest BCUT2D eigenvalue weighted by atomic mass is 79.9. The van der Waals surface area contributed by atoms with Crippen LogP contribution in [0.4, 0.5) is 0 Å². The van der Waals surface area contributed by atoms with Crippen molar-refractivity contribution in [2.45, 2.75) is 32.2 Å². The maximum absolute atomic E-state index is 6.26. The molecule has 2 N–H and O–H groups in total. The van der Waals surface area contributed by atoms with Gasteiger partial charge >= 0.3 is 0 Å². The zero-order valence-corrected chi connectivity index (χ0v) is 12.7. The van der Waals surface area contributed by atoms with Crippen molar-refractivity contribution in [2.24, 2.45) is 11.7 Å². The highest BCUT2D eigenvalue weighted by Crippen LogP contribution is 2.22. The fourth-order valence-corrected chi connectivity index (χ4v) is 3.09. The maximum Gasteiger partial charge on any atom is 0.0307 e. The van der Waals surface area contributed by atoms with Gasteiger partial charge in [-0.1, -0.05) is 41.4 Å². The Morgan fingerprint density at radius 3 is 3.00 bits per heavy atom. The largest absolute Gasteiger partial charge is 0.324 e. The van der Waals surface area contributed by atoms with Crippen LogP contribution in [0.2, 0.25) is 0 Å². The van der Waals surface area contributed by atoms with Gasteiger partial charge in [0.15, 0.2) is 0 Å². The molecule has 0 saturated carbocycles. The van der Waals surface area contributed by atoms with Crippen LogP contribution in [0.25, 0.3) is 0 Å². The quantitative estimate of drug-likeness (QED) is 0.901. The Morgan fingerprint density at radius 2 is 2.33 bits per heavy atom. The Morgan fingerprint density at radius 1 is 1.50 bits per heavy atom. The van der Waals surface area contributed by atoms with E-state index < -0.39 is 0 Å². The lowest BCUT2D eigenvalue weighted by Crippen LogP contribution is -2.25. The summed E-state index contributed by atoms with van der Waals surface area (Å²) in [6, 6.07) is 8.51. The molecule has 1 saturated heterocycles. The second-order valence-corrected chi connectivity index (χ2v) is 6.23. The SMILES string of the molecule is CCC1CCN(CCC(N)c2cccc(Br)c2)C1. The summed E-state index contributed by atoms with van der Waals surface area (Å²) in [6.07, 6.45) is 3.73. The molecule has 0 radical (unpaired) electrons. The topological polar surface area (TPSA) is 29.3 Å². The van der Waals surface area contributed by atoms with Crippen molar-refractivity contribution in [3.8, 4) is 0 Å². The minimum absolute atomic E-state index is 0.156. The van der Waals surface area contributed by atoms with Crippen molar-refractivity contribution in [1.29, 1.82) is 0 Å². The van der Waals surface area contributed by atoms with Gasteiger partial charge in [0.25, 0.3) is 0 Å². The number of benzene rings is 1. The summed E-state index contributed by atoms with van der Waals surface area (Å²) in [5.41, 5.74) is 7.49. The number of hydrogen-bond donors (Lipinski definition) is 1. The van der Waals surface area contributed by atoms with Crippen LogP contribution in [0.5, 0.6) is 0 Å². The number of nitrogens with zero attached hydrogens (tertiary/aromatic N) is 1. The predicted molar refractivity (Wildman–Crippen MR) is 80.5 cm³/mol. The van der Waals surface area contributed by atoms with Crippen LogP contribution in [0, 0.1) is 5.92 Å². The third-order valence-corrected chi connectivity index (χ3v) is 4.47. The minimum atomic E-state index is 0.156. The predicted octanol–water partition coefficient (Wildman–Crippen LogP) is 3.57. The van der Waals surface area contributed by atoms with Gasteiger partial charge in [-0.25, -0.2) is 0 Å². The van der Waals surface area contributed by atoms with E-state index in [2.05, 4.69) is 46.0 Å². The van der Waals surface area contributed by atoms with E-state index >= 15 is 0 Å². The van der Waals surface area contributed by atoms with E-state index in [1.807, 2.05) is 6.07 Å². The fourth-order valence-electron chi connectivity index (χ4n) is 2.67. The first-order valence-electron chi connectivity index (χ1n) is 6.92. The van der Waals surface area contributed by atoms with E-state index in [4.69, 9.17) is 5.73 Å². The third-order valence-electron chi connectivity index (χ3n) is 3.98. The van der Waals surface area contributed by atoms with Crippen molar-refractivity contribution in [2.75, 3.05) is 19.6 Å². The molecule has 0 spiro atoms. The zero-order chi connectivity index (χ0) is 13.0. The van der Waals surface area contributed by atoms with Crippen LogP contribution in [0.15, 0.2) is 28.7 Å². The minimum Gasteiger partial charge on any atom is -0.324 e. The molecular formula is C15H23BrN2. The van der Waals surface area contributed by atoms with Crippen molar-refractivity contribution in [3.63, 3.8) is 0 Å². The Bertz CT molecular complexity index is 381. The number of hydrogen-bond acceptors (Lipinski definition) is 2. The van der Waals surface area contributed by atoms with E-state index in [9.17, 15) is 0 Å². The van der Waals surface area contributed by atoms with Gasteiger partial charge in [-0.05, 0) is 49.5 Å². The van der Waals surface area contributed by atoms with Crippen molar-refractivity contribution >= 4 is 15.9 Å². The summed E-state index contributed by atoms with van der Waals surface area (Å²) >= 11 is 3.50. The molecule has 18 heavy (non-hydrogen) atoms. The number of halogens is 1. The van der Waals surface area contributed by atoms with Crippen LogP contribution in [-0.2, 0) is 0 Å². The smallest absolute Gasteiger partial charge is 0.0307 e. The molecule has 1 aromatic rings. The summed E-state index contributed by atoms with van der Waals surface area (Å²) in [6.45, 7) is 5.94. The monoisotopic (exact) mass is 310 g/mol. The number of rotatable bonds is 5. The molecule has 2 atom stereocenters. The van der Waals surface area contributed by atoms with Crippen molar-refractivity contribution in [1.82, 2.24) is 4.90 Å². The first-order valence-corrected chi connectivity index (χ1v) is 7.71. The highest BCUT2D eigenvalue weighted by molar-refractivity contribution is 9.10. The summed E-state index contributed by atoms with van der Waals surface area (Å²) in [7, 11) is 0. The molecule has 2 rings (SSSR count). The number of nitrogens with two attached hydrogens (primary N) is 1. The lowest BCUT2D eigenvalue weighted by atomic mass is 10.0. The van der Waals surface area contributed by atoms with E-state index in [0.717, 1.165) is 23.4 Å². The molecule has 100 valence electrons. The first-order chi connectivity index (χ1) is 8.69. The van der Waals surface area contributed by atoms with Crippen LogP contribution in [-0.4, -0.2) is 24.5 Å². The summed E-state index contributed by atoms with van der Waals surface area (Å²) < 4.78 is 1.11. The van der Waals surface area contributed by atoms with E-state index in [-0.39, 0.29) is 6.04 Å². The molecule has 3 heteroatoms. The standard InChI is InChI=1S/C15H23BrN2/c1-2-12-6-8-18(11-12)9-7-15(17)13-4-3-5-14(16)10-13/h3-5,10,12,15H,2,6-9,11,17H2,1H3. The Hall–Kier alpha value is -0.380. The molecule has 0 bridgehead atoms. The molecule has 1 heterocycles. The summed E-state index contributed by atoms with van der Waals surface area (Å²) in [5, 5.41) is 0. The molecule has 1 aliphatic heterocycles. The Kier molecular flexibility index (Phi) is 5.22. The van der Waals surface area contributed by atoms with Crippen LogP contribution in [0.1, 0.15) is 37.8 Å². The number of likely N-dealkylation sites (tertiary alicyclic amines) is 1. The van der Waals surface area contributed by atoms with E-state index in [1.54, 1.807) is 0 Å². The Labute approximate surface area is 119 Å². The average Bonchev–Trinajstić information content (AvgIpc) is 2.84. The lowest BCUT2D eigenvalue weighted by Gasteiger charge is -2.19. The first kappa shape index (κ1) is 14.0. The molecule has 0 aromatic heterocycles. The molecule has 1 aromatic carbocycles. The van der Waals surface area contributed by atoms with E-state index in [0.29, 0.717) is 0 Å². The van der Waals surface area contributed by atoms with Gasteiger partial charge in [-0.2, -0.15) is 0 Å². The zero-order valence-electron chi connectivity index (χ0n) is 11.1. The van der Waals surface area contributed by atoms with Crippen LogP contribution < -0.4 is 5.73 Å². The summed E-state index contributed by atoms with van der Waals surface area (Å²) in [4.78, 5) is 2.56. The molecule has 2 unspecified atom stereocenters. The van der Waals surface area contributed by atoms with Gasteiger partial charge in [0.1, 0.15) is 0 Å². The van der Waals surface area contributed by atoms with Crippen molar-refractivity contribution < 1.29 is 0 Å². The summed E-state index contributed by atoms with van der Waals surface area (Å²) in [5.74, 6) is 0.909. The molecule has 2 nitrogen and oxygen atoms in total. The third kappa shape index (κ3) is 3.81. The van der Waals surface area contributed by atoms with Gasteiger partial charge in [0.05, 0.1) is 0 Å². The highest BCUT2D eigenvalue weighted by Gasteiger charge is 2.21. The van der Waals surface area contributed by atoms with Gasteiger partial charge in [-0.3, -0.25) is 0 Å². The molecule has 0 aliphatic carbocycles. The Balaban J connectivity index is 1.80. The molecule has 1 aliphatic rings. The van der Waals surface area contributed by atoms with Gasteiger partial charge < -0.3 is 10.6 Å². The second kappa shape index (κ2) is 6.69. The van der Waals surface area contributed by atoms with E-state index in [1.165, 1.54) is 31.5 Å². The van der Waals surface area contributed by atoms with Crippen molar-refractivity contribution in [3.05, 3.63) is 34.3 Å². The molecule has 0 amide bonds. The maximum atomic E-state index is 6.26. The molecule has 1 fully saturated rings. The normalized spacial score (nSPS) is 22.3. The fraction of sp³-hybridized carbons (Fsp3) is 0.600. The second-order valence-electron chi connectivity index (χ2n) is 5.31. The average molecular weight is 311 g/mol. The van der Waals surface area contributed by atoms with Crippen LogP contribution in [0.3, 0.4) is 0 Å². The van der Waals surface area contributed by atoms with Gasteiger partial charge in [-0.15, -0.1) is 0 Å². The van der Waals surface area contributed by atoms with Crippen LogP contribution >= 0.6 is 15.9 Å². The van der Waals surface area contributed by atoms with Gasteiger partial charge in [0, 0.05) is 17.1 Å².